The van der Waals surface area contributed by atoms with Crippen LogP contribution >= 0.6 is 0 Å². The Morgan fingerprint density at radius 1 is 1.16 bits per heavy atom. The highest BCUT2D eigenvalue weighted by Crippen LogP contribution is 2.34. The summed E-state index contributed by atoms with van der Waals surface area (Å²) >= 11 is 0. The number of aromatic nitrogens is 2. The number of nitrogens with zero attached hydrogens (tertiary/aromatic N) is 3. The summed E-state index contributed by atoms with van der Waals surface area (Å²) in [4.78, 5) is 48.9. The zero-order valence-electron chi connectivity index (χ0n) is 26.8. The SMILES string of the molecule is C=C(C)COC=O.CC.CC(C)(C)OC=O.Cc1cc2n(c(=O)c1COC(=O)O)Cc1cc3cc(N(C)C)c(F)cc3nc1-2. The number of ether oxygens (including phenoxy) is 3. The van der Waals surface area contributed by atoms with Gasteiger partial charge in [0.05, 0.1) is 34.7 Å². The van der Waals surface area contributed by atoms with Gasteiger partial charge in [0, 0.05) is 31.1 Å². The monoisotopic (exact) mass is 615 g/mol. The third kappa shape index (κ3) is 10.5. The Bertz CT molecular complexity index is 1540. The van der Waals surface area contributed by atoms with Crippen LogP contribution in [0.3, 0.4) is 0 Å². The quantitative estimate of drug-likeness (QED) is 0.117. The molecule has 4 rings (SSSR count). The summed E-state index contributed by atoms with van der Waals surface area (Å²) in [5.74, 6) is -0.363. The summed E-state index contributed by atoms with van der Waals surface area (Å²) in [5.41, 5.74) is 4.26. The van der Waals surface area contributed by atoms with Crippen molar-refractivity contribution in [2.24, 2.45) is 0 Å². The first-order valence-electron chi connectivity index (χ1n) is 13.8. The van der Waals surface area contributed by atoms with Gasteiger partial charge in [0.25, 0.3) is 18.5 Å². The van der Waals surface area contributed by atoms with Gasteiger partial charge in [-0.1, -0.05) is 20.4 Å². The van der Waals surface area contributed by atoms with Crippen LogP contribution in [0.4, 0.5) is 14.9 Å². The molecule has 0 saturated carbocycles. The van der Waals surface area contributed by atoms with Crippen LogP contribution in [0, 0.1) is 12.7 Å². The van der Waals surface area contributed by atoms with E-state index >= 15 is 0 Å². The van der Waals surface area contributed by atoms with Gasteiger partial charge in [0.2, 0.25) is 0 Å². The zero-order valence-corrected chi connectivity index (χ0v) is 26.8. The molecule has 3 aromatic rings. The number of benzene rings is 1. The molecule has 0 amide bonds. The number of carboxylic acid groups (broad SMARTS) is 1. The van der Waals surface area contributed by atoms with Gasteiger partial charge in [-0.2, -0.15) is 0 Å². The van der Waals surface area contributed by atoms with E-state index in [1.54, 1.807) is 49.5 Å². The number of aryl methyl sites for hydroxylation is 1. The molecule has 0 atom stereocenters. The minimum Gasteiger partial charge on any atom is -0.463 e. The van der Waals surface area contributed by atoms with Gasteiger partial charge in [0.1, 0.15) is 24.6 Å². The summed E-state index contributed by atoms with van der Waals surface area (Å²) in [6, 6.07) is 6.84. The van der Waals surface area contributed by atoms with E-state index in [0.717, 1.165) is 16.5 Å². The number of anilines is 1. The van der Waals surface area contributed by atoms with Crippen molar-refractivity contribution in [1.29, 1.82) is 0 Å². The molecule has 1 aromatic carbocycles. The Morgan fingerprint density at radius 3 is 2.25 bits per heavy atom. The molecule has 0 bridgehead atoms. The summed E-state index contributed by atoms with van der Waals surface area (Å²) in [7, 11) is 3.54. The number of pyridine rings is 2. The lowest BCUT2D eigenvalue weighted by Crippen LogP contribution is -2.25. The minimum absolute atomic E-state index is 0.296. The van der Waals surface area contributed by atoms with E-state index in [0.29, 0.717) is 59.8 Å². The van der Waals surface area contributed by atoms with E-state index in [-0.39, 0.29) is 23.6 Å². The van der Waals surface area contributed by atoms with Crippen LogP contribution in [0.15, 0.2) is 41.2 Å². The molecule has 0 unspecified atom stereocenters. The highest BCUT2D eigenvalue weighted by molar-refractivity contribution is 5.87. The van der Waals surface area contributed by atoms with Crippen molar-refractivity contribution in [3.63, 3.8) is 0 Å². The van der Waals surface area contributed by atoms with E-state index in [1.807, 2.05) is 40.7 Å². The van der Waals surface area contributed by atoms with E-state index in [9.17, 15) is 23.6 Å². The molecule has 0 aliphatic carbocycles. The Hall–Kier alpha value is -4.74. The topological polar surface area (TPSA) is 137 Å². The average molecular weight is 616 g/mol. The number of fused-ring (bicyclic) bond motifs is 4. The third-order valence-corrected chi connectivity index (χ3v) is 5.78. The Balaban J connectivity index is 0.000000503. The lowest BCUT2D eigenvalue weighted by Gasteiger charge is -2.14. The lowest BCUT2D eigenvalue weighted by molar-refractivity contribution is -0.138. The maximum Gasteiger partial charge on any atom is 0.506 e. The maximum absolute atomic E-state index is 14.4. The molecule has 11 nitrogen and oxygen atoms in total. The predicted octanol–water partition coefficient (Wildman–Crippen LogP) is 5.85. The fourth-order valence-electron chi connectivity index (χ4n) is 3.88. The highest BCUT2D eigenvalue weighted by Gasteiger charge is 2.25. The number of halogens is 1. The van der Waals surface area contributed by atoms with Gasteiger partial charge in [-0.05, 0) is 64.0 Å². The molecule has 1 aliphatic heterocycles. The fraction of sp³-hybridized carbons (Fsp3) is 0.406. The van der Waals surface area contributed by atoms with E-state index in [1.165, 1.54) is 6.07 Å². The third-order valence-electron chi connectivity index (χ3n) is 5.78. The first kappa shape index (κ1) is 37.3. The Labute approximate surface area is 256 Å². The van der Waals surface area contributed by atoms with Crippen molar-refractivity contribution in [2.45, 2.75) is 67.2 Å². The van der Waals surface area contributed by atoms with Crippen LogP contribution in [0.25, 0.3) is 22.3 Å². The van der Waals surface area contributed by atoms with Gasteiger partial charge in [0.15, 0.2) is 0 Å². The van der Waals surface area contributed by atoms with Crippen molar-refractivity contribution < 1.29 is 38.1 Å². The van der Waals surface area contributed by atoms with E-state index < -0.39 is 6.16 Å². The van der Waals surface area contributed by atoms with Crippen molar-refractivity contribution in [1.82, 2.24) is 9.55 Å². The van der Waals surface area contributed by atoms with E-state index in [4.69, 9.17) is 5.11 Å². The second-order valence-electron chi connectivity index (χ2n) is 10.7. The van der Waals surface area contributed by atoms with Crippen LogP contribution in [-0.4, -0.2) is 60.1 Å². The second kappa shape index (κ2) is 16.8. The van der Waals surface area contributed by atoms with Gasteiger partial charge >= 0.3 is 6.16 Å². The van der Waals surface area contributed by atoms with Gasteiger partial charge in [-0.15, -0.1) is 0 Å². The average Bonchev–Trinajstić information content (AvgIpc) is 3.28. The first-order chi connectivity index (χ1) is 20.6. The van der Waals surface area contributed by atoms with Gasteiger partial charge < -0.3 is 28.8 Å². The Morgan fingerprint density at radius 2 is 1.80 bits per heavy atom. The molecule has 44 heavy (non-hydrogen) atoms. The van der Waals surface area contributed by atoms with Crippen LogP contribution in [0.1, 0.15) is 58.2 Å². The zero-order chi connectivity index (χ0) is 33.8. The summed E-state index contributed by atoms with van der Waals surface area (Å²) in [6.45, 7) is 17.7. The molecule has 0 spiro atoms. The van der Waals surface area contributed by atoms with Crippen molar-refractivity contribution >= 4 is 35.7 Å². The van der Waals surface area contributed by atoms with Crippen molar-refractivity contribution in [2.75, 3.05) is 25.6 Å². The summed E-state index contributed by atoms with van der Waals surface area (Å²) in [6.07, 6.45) is -1.43. The standard InChI is InChI=1S/C20H18FN3O4.C5H10O2.C5H8O2.C2H6/c1-10-4-17-18-12(8-24(17)19(25)13(10)9-28-20(26)27)5-11-6-16(23(2)3)14(21)7-15(11)22-18;1-5(2,3)7-4-6;1-5(2)3-7-4-6;1-2/h4-7H,8-9H2,1-3H3,(H,26,27);4H,1-3H3;4H,1,3H2,2H3;1-2H3. The Kier molecular flexibility index (Phi) is 14.2. The molecule has 240 valence electrons. The lowest BCUT2D eigenvalue weighted by atomic mass is 10.1. The predicted molar refractivity (Wildman–Crippen MR) is 167 cm³/mol. The molecule has 0 fully saturated rings. The number of carbonyl (C=O) groups is 3. The molecule has 12 heteroatoms. The van der Waals surface area contributed by atoms with Crippen LogP contribution in [0.5, 0.6) is 0 Å². The number of carbonyl (C=O) groups excluding carboxylic acids is 2. The molecule has 2 aromatic heterocycles. The molecule has 0 radical (unpaired) electrons. The molecular formula is C32H42FN3O8. The number of hydrogen-bond donors (Lipinski definition) is 1. The van der Waals surface area contributed by atoms with Gasteiger partial charge in [-0.3, -0.25) is 14.4 Å². The van der Waals surface area contributed by atoms with Crippen molar-refractivity contribution in [3.8, 4) is 11.4 Å². The molecule has 0 saturated heterocycles. The molecule has 3 heterocycles. The van der Waals surface area contributed by atoms with E-state index in [2.05, 4.69) is 25.8 Å². The fourth-order valence-corrected chi connectivity index (χ4v) is 3.88. The maximum atomic E-state index is 14.4. The van der Waals surface area contributed by atoms with Crippen LogP contribution in [0.2, 0.25) is 0 Å². The van der Waals surface area contributed by atoms with Crippen LogP contribution in [-0.2, 0) is 37.0 Å². The summed E-state index contributed by atoms with van der Waals surface area (Å²) < 4.78 is 29.3. The normalized spacial score (nSPS) is 10.7. The minimum atomic E-state index is -1.43. The van der Waals surface area contributed by atoms with Gasteiger partial charge in [-0.25, -0.2) is 14.2 Å². The van der Waals surface area contributed by atoms with Crippen LogP contribution < -0.4 is 10.5 Å². The largest absolute Gasteiger partial charge is 0.506 e. The molecular weight excluding hydrogens is 573 g/mol. The van der Waals surface area contributed by atoms with Crippen molar-refractivity contribution in [3.05, 3.63) is 69.3 Å². The molecule has 1 N–H and O–H groups in total. The number of rotatable bonds is 7. The smallest absolute Gasteiger partial charge is 0.463 e. The highest BCUT2D eigenvalue weighted by atomic mass is 19.1. The first-order valence-corrected chi connectivity index (χ1v) is 13.8. The molecule has 1 aliphatic rings. The second-order valence-corrected chi connectivity index (χ2v) is 10.7. The summed E-state index contributed by atoms with van der Waals surface area (Å²) in [5, 5.41) is 9.50. The number of hydrogen-bond acceptors (Lipinski definition) is 9.